The van der Waals surface area contributed by atoms with Gasteiger partial charge in [-0.2, -0.15) is 0 Å². The third-order valence-electron chi connectivity index (χ3n) is 3.37. The van der Waals surface area contributed by atoms with Crippen molar-refractivity contribution in [2.45, 2.75) is 39.8 Å². The van der Waals surface area contributed by atoms with Gasteiger partial charge in [-0.05, 0) is 37.0 Å². The molecule has 1 heterocycles. The van der Waals surface area contributed by atoms with Gasteiger partial charge in [-0.1, -0.05) is 13.8 Å². The van der Waals surface area contributed by atoms with Gasteiger partial charge in [0.25, 0.3) is 0 Å². The molecule has 1 aliphatic rings. The largest absolute Gasteiger partial charge is 0.493 e. The maximum Gasteiger partial charge on any atom is 0.203 e. The van der Waals surface area contributed by atoms with E-state index in [0.717, 1.165) is 29.4 Å². The summed E-state index contributed by atoms with van der Waals surface area (Å²) >= 11 is 0. The van der Waals surface area contributed by atoms with Crippen LogP contribution in [-0.4, -0.2) is 26.4 Å². The molecule has 1 atom stereocenters. The maximum absolute atomic E-state index is 5.65. The van der Waals surface area contributed by atoms with E-state index in [1.807, 2.05) is 12.1 Å². The summed E-state index contributed by atoms with van der Waals surface area (Å²) in [5.41, 5.74) is 1.15. The van der Waals surface area contributed by atoms with E-state index in [1.165, 1.54) is 6.42 Å². The van der Waals surface area contributed by atoms with E-state index >= 15 is 0 Å². The predicted octanol–water partition coefficient (Wildman–Crippen LogP) is 2.99. The first kappa shape index (κ1) is 15.0. The molecule has 1 aliphatic heterocycles. The Morgan fingerprint density at radius 1 is 1.20 bits per heavy atom. The van der Waals surface area contributed by atoms with E-state index in [9.17, 15) is 0 Å². The van der Waals surface area contributed by atoms with E-state index in [4.69, 9.17) is 14.2 Å². The molecule has 2 rings (SSSR count). The molecule has 0 fully saturated rings. The van der Waals surface area contributed by atoms with Crippen LogP contribution >= 0.6 is 0 Å². The van der Waals surface area contributed by atoms with Crippen molar-refractivity contribution in [3.8, 4) is 17.2 Å². The molecule has 112 valence electrons. The van der Waals surface area contributed by atoms with Crippen LogP contribution in [0, 0.1) is 5.92 Å². The second kappa shape index (κ2) is 6.84. The van der Waals surface area contributed by atoms with Crippen molar-refractivity contribution in [2.24, 2.45) is 5.92 Å². The standard InChI is InChI=1S/C16H25NO3/c1-11(2)7-12(3)17-10-13-8-14(18-4)16-15(9-13)19-5-6-20-16/h8-9,11-12,17H,5-7,10H2,1-4H3. The zero-order valence-electron chi connectivity index (χ0n) is 12.9. The highest BCUT2D eigenvalue weighted by Crippen LogP contribution is 2.40. The fraction of sp³-hybridized carbons (Fsp3) is 0.625. The Kier molecular flexibility index (Phi) is 5.12. The summed E-state index contributed by atoms with van der Waals surface area (Å²) < 4.78 is 16.6. The predicted molar refractivity (Wildman–Crippen MR) is 79.7 cm³/mol. The zero-order valence-corrected chi connectivity index (χ0v) is 12.9. The molecule has 0 aromatic heterocycles. The van der Waals surface area contributed by atoms with Gasteiger partial charge in [-0.3, -0.25) is 0 Å². The lowest BCUT2D eigenvalue weighted by Gasteiger charge is -2.22. The summed E-state index contributed by atoms with van der Waals surface area (Å²) in [7, 11) is 1.66. The Balaban J connectivity index is 2.05. The van der Waals surface area contributed by atoms with Crippen LogP contribution in [0.2, 0.25) is 0 Å². The van der Waals surface area contributed by atoms with Crippen LogP contribution in [0.1, 0.15) is 32.8 Å². The molecular formula is C16H25NO3. The second-order valence-electron chi connectivity index (χ2n) is 5.73. The molecule has 4 nitrogen and oxygen atoms in total. The fourth-order valence-electron chi connectivity index (χ4n) is 2.51. The van der Waals surface area contributed by atoms with Gasteiger partial charge in [0.05, 0.1) is 7.11 Å². The first-order chi connectivity index (χ1) is 9.60. The summed E-state index contributed by atoms with van der Waals surface area (Å²) in [6, 6.07) is 4.54. The summed E-state index contributed by atoms with van der Waals surface area (Å²) in [6.45, 7) is 8.68. The molecule has 1 N–H and O–H groups in total. The van der Waals surface area contributed by atoms with Crippen LogP contribution in [0.4, 0.5) is 0 Å². The average Bonchev–Trinajstić information content (AvgIpc) is 2.43. The van der Waals surface area contributed by atoms with Crippen molar-refractivity contribution in [2.75, 3.05) is 20.3 Å². The second-order valence-corrected chi connectivity index (χ2v) is 5.73. The van der Waals surface area contributed by atoms with Gasteiger partial charge in [0.2, 0.25) is 5.75 Å². The van der Waals surface area contributed by atoms with E-state index < -0.39 is 0 Å². The molecule has 0 aliphatic carbocycles. The summed E-state index contributed by atoms with van der Waals surface area (Å²) in [6.07, 6.45) is 1.17. The van der Waals surface area contributed by atoms with Crippen molar-refractivity contribution in [1.29, 1.82) is 0 Å². The van der Waals surface area contributed by atoms with Gasteiger partial charge in [-0.25, -0.2) is 0 Å². The molecule has 1 aromatic rings. The number of methoxy groups -OCH3 is 1. The quantitative estimate of drug-likeness (QED) is 0.869. The van der Waals surface area contributed by atoms with Gasteiger partial charge in [0.1, 0.15) is 13.2 Å². The Bertz CT molecular complexity index is 428. The van der Waals surface area contributed by atoms with Gasteiger partial charge >= 0.3 is 0 Å². The smallest absolute Gasteiger partial charge is 0.203 e. The summed E-state index contributed by atoms with van der Waals surface area (Å²) in [4.78, 5) is 0. The average molecular weight is 279 g/mol. The lowest BCUT2D eigenvalue weighted by Crippen LogP contribution is -2.27. The number of hydrogen-bond donors (Lipinski definition) is 1. The minimum atomic E-state index is 0.495. The minimum Gasteiger partial charge on any atom is -0.493 e. The number of benzene rings is 1. The lowest BCUT2D eigenvalue weighted by molar-refractivity contribution is 0.165. The van der Waals surface area contributed by atoms with Crippen molar-refractivity contribution < 1.29 is 14.2 Å². The number of nitrogens with one attached hydrogen (secondary N) is 1. The van der Waals surface area contributed by atoms with Gasteiger partial charge in [-0.15, -0.1) is 0 Å². The Morgan fingerprint density at radius 3 is 2.65 bits per heavy atom. The minimum absolute atomic E-state index is 0.495. The van der Waals surface area contributed by atoms with Crippen molar-refractivity contribution in [1.82, 2.24) is 5.32 Å². The number of hydrogen-bond acceptors (Lipinski definition) is 4. The molecule has 0 amide bonds. The molecular weight excluding hydrogens is 254 g/mol. The van der Waals surface area contributed by atoms with Crippen LogP contribution in [0.15, 0.2) is 12.1 Å². The molecule has 0 saturated heterocycles. The molecule has 0 radical (unpaired) electrons. The zero-order chi connectivity index (χ0) is 14.5. The third-order valence-corrected chi connectivity index (χ3v) is 3.37. The Morgan fingerprint density at radius 2 is 1.95 bits per heavy atom. The van der Waals surface area contributed by atoms with Crippen molar-refractivity contribution in [3.05, 3.63) is 17.7 Å². The first-order valence-electron chi connectivity index (χ1n) is 7.30. The molecule has 0 saturated carbocycles. The number of rotatable bonds is 6. The number of ether oxygens (including phenoxy) is 3. The molecule has 0 bridgehead atoms. The van der Waals surface area contributed by atoms with Crippen molar-refractivity contribution in [3.63, 3.8) is 0 Å². The fourth-order valence-corrected chi connectivity index (χ4v) is 2.51. The lowest BCUT2D eigenvalue weighted by atomic mass is 10.0. The molecule has 1 aromatic carbocycles. The summed E-state index contributed by atoms with van der Waals surface area (Å²) in [5, 5.41) is 3.54. The van der Waals surface area contributed by atoms with Crippen LogP contribution in [0.5, 0.6) is 17.2 Å². The SMILES string of the molecule is COc1cc(CNC(C)CC(C)C)cc2c1OCCO2. The first-order valence-corrected chi connectivity index (χ1v) is 7.30. The highest BCUT2D eigenvalue weighted by molar-refractivity contribution is 5.54. The van der Waals surface area contributed by atoms with Crippen molar-refractivity contribution >= 4 is 0 Å². The number of fused-ring (bicyclic) bond motifs is 1. The Labute approximate surface area is 121 Å². The van der Waals surface area contributed by atoms with Gasteiger partial charge < -0.3 is 19.5 Å². The highest BCUT2D eigenvalue weighted by atomic mass is 16.6. The summed E-state index contributed by atoms with van der Waals surface area (Å²) in [5.74, 6) is 2.95. The van der Waals surface area contributed by atoms with Crippen LogP contribution < -0.4 is 19.5 Å². The molecule has 4 heteroatoms. The topological polar surface area (TPSA) is 39.7 Å². The van der Waals surface area contributed by atoms with Crippen LogP contribution in [0.25, 0.3) is 0 Å². The van der Waals surface area contributed by atoms with E-state index in [0.29, 0.717) is 25.2 Å². The van der Waals surface area contributed by atoms with Gasteiger partial charge in [0, 0.05) is 12.6 Å². The normalized spacial score (nSPS) is 15.2. The molecule has 1 unspecified atom stereocenters. The molecule has 20 heavy (non-hydrogen) atoms. The van der Waals surface area contributed by atoms with E-state index in [-0.39, 0.29) is 0 Å². The Hall–Kier alpha value is -1.42. The van der Waals surface area contributed by atoms with Crippen LogP contribution in [0.3, 0.4) is 0 Å². The van der Waals surface area contributed by atoms with E-state index in [2.05, 4.69) is 26.1 Å². The monoisotopic (exact) mass is 279 g/mol. The third kappa shape index (κ3) is 3.79. The molecule has 0 spiro atoms. The van der Waals surface area contributed by atoms with E-state index in [1.54, 1.807) is 7.11 Å². The van der Waals surface area contributed by atoms with Crippen LogP contribution in [-0.2, 0) is 6.54 Å². The highest BCUT2D eigenvalue weighted by Gasteiger charge is 2.18. The maximum atomic E-state index is 5.65. The van der Waals surface area contributed by atoms with Gasteiger partial charge in [0.15, 0.2) is 11.5 Å².